The molecule has 6 heteroatoms. The molecule has 0 atom stereocenters. The highest BCUT2D eigenvalue weighted by atomic mass is 79.9. The van der Waals surface area contributed by atoms with E-state index >= 15 is 0 Å². The fraction of sp³-hybridized carbons (Fsp3) is 0.222. The van der Waals surface area contributed by atoms with Gasteiger partial charge in [0.25, 0.3) is 5.56 Å². The van der Waals surface area contributed by atoms with E-state index in [9.17, 15) is 14.7 Å². The minimum absolute atomic E-state index is 0.0499. The first-order valence-corrected chi connectivity index (χ1v) is 11.6. The number of para-hydroxylation sites is 1. The summed E-state index contributed by atoms with van der Waals surface area (Å²) in [6.07, 6.45) is 1.05. The van der Waals surface area contributed by atoms with E-state index in [0.29, 0.717) is 40.7 Å². The third-order valence-electron chi connectivity index (χ3n) is 6.35. The normalized spacial score (nSPS) is 15.0. The van der Waals surface area contributed by atoms with Gasteiger partial charge in [0.2, 0.25) is 0 Å². The van der Waals surface area contributed by atoms with E-state index in [0.717, 1.165) is 15.6 Å². The van der Waals surface area contributed by atoms with Gasteiger partial charge in [-0.05, 0) is 53.3 Å². The fourth-order valence-corrected chi connectivity index (χ4v) is 5.04. The molecule has 0 fully saturated rings. The molecule has 33 heavy (non-hydrogen) atoms. The Morgan fingerprint density at radius 1 is 1.00 bits per heavy atom. The van der Waals surface area contributed by atoms with Crippen LogP contribution in [0.4, 0.5) is 0 Å². The molecule has 5 rings (SSSR count). The van der Waals surface area contributed by atoms with Gasteiger partial charge >= 0.3 is 0 Å². The highest BCUT2D eigenvalue weighted by molar-refractivity contribution is 9.10. The van der Waals surface area contributed by atoms with Gasteiger partial charge in [0.1, 0.15) is 11.3 Å². The predicted octanol–water partition coefficient (Wildman–Crippen LogP) is 5.89. The average molecular weight is 503 g/mol. The van der Waals surface area contributed by atoms with Gasteiger partial charge in [-0.2, -0.15) is 0 Å². The largest absolute Gasteiger partial charge is 0.506 e. The van der Waals surface area contributed by atoms with Crippen molar-refractivity contribution in [1.82, 2.24) is 9.55 Å². The SMILES string of the molecule is Cn1c(=O)c(-c2cc(-c3ccc(Br)cc3)c3c(n2)CC(C)(C)CC3=O)c(O)c2ccccc21. The Labute approximate surface area is 199 Å². The molecule has 0 saturated heterocycles. The van der Waals surface area contributed by atoms with Crippen LogP contribution in [0.5, 0.6) is 5.75 Å². The van der Waals surface area contributed by atoms with Crippen molar-refractivity contribution in [2.24, 2.45) is 12.5 Å². The summed E-state index contributed by atoms with van der Waals surface area (Å²) in [5, 5.41) is 11.7. The van der Waals surface area contributed by atoms with Gasteiger partial charge < -0.3 is 9.67 Å². The zero-order valence-corrected chi connectivity index (χ0v) is 20.2. The van der Waals surface area contributed by atoms with Crippen molar-refractivity contribution in [1.29, 1.82) is 0 Å². The number of carbonyl (C=O) groups is 1. The number of ketones is 1. The number of benzene rings is 2. The number of aromatic hydroxyl groups is 1. The smallest absolute Gasteiger partial charge is 0.264 e. The van der Waals surface area contributed by atoms with Crippen LogP contribution in [0.1, 0.15) is 36.3 Å². The van der Waals surface area contributed by atoms with E-state index in [2.05, 4.69) is 15.9 Å². The number of carbonyl (C=O) groups excluding carboxylic acids is 1. The van der Waals surface area contributed by atoms with Crippen molar-refractivity contribution in [2.75, 3.05) is 0 Å². The lowest BCUT2D eigenvalue weighted by molar-refractivity contribution is 0.0911. The summed E-state index contributed by atoms with van der Waals surface area (Å²) in [5.74, 6) is -0.0434. The van der Waals surface area contributed by atoms with E-state index in [1.54, 1.807) is 25.2 Å². The molecule has 0 bridgehead atoms. The third-order valence-corrected chi connectivity index (χ3v) is 6.87. The van der Waals surface area contributed by atoms with Gasteiger partial charge in [-0.1, -0.05) is 54.0 Å². The summed E-state index contributed by atoms with van der Waals surface area (Å²) in [6.45, 7) is 4.10. The zero-order chi connectivity index (χ0) is 23.5. The summed E-state index contributed by atoms with van der Waals surface area (Å²) in [4.78, 5) is 31.4. The van der Waals surface area contributed by atoms with Gasteiger partial charge in [0.15, 0.2) is 5.78 Å². The molecule has 0 saturated carbocycles. The Morgan fingerprint density at radius 2 is 1.70 bits per heavy atom. The maximum atomic E-state index is 13.3. The van der Waals surface area contributed by atoms with Gasteiger partial charge in [-0.3, -0.25) is 14.6 Å². The van der Waals surface area contributed by atoms with Gasteiger partial charge in [0.05, 0.1) is 16.9 Å². The Bertz CT molecular complexity index is 1500. The molecule has 1 N–H and O–H groups in total. The number of Topliss-reactive ketones (excluding diaryl/α,β-unsaturated/α-hetero) is 1. The number of nitrogens with zero attached hydrogens (tertiary/aromatic N) is 2. The first kappa shape index (κ1) is 21.6. The minimum Gasteiger partial charge on any atom is -0.506 e. The van der Waals surface area contributed by atoms with E-state index in [-0.39, 0.29) is 28.1 Å². The Kier molecular flexibility index (Phi) is 5.01. The second kappa shape index (κ2) is 7.66. The molecule has 0 spiro atoms. The summed E-state index contributed by atoms with van der Waals surface area (Å²) in [7, 11) is 1.69. The summed E-state index contributed by atoms with van der Waals surface area (Å²) >= 11 is 3.46. The summed E-state index contributed by atoms with van der Waals surface area (Å²) < 4.78 is 2.46. The van der Waals surface area contributed by atoms with Crippen LogP contribution in [-0.2, 0) is 13.5 Å². The molecule has 0 unspecified atom stereocenters. The van der Waals surface area contributed by atoms with Crippen molar-refractivity contribution in [3.8, 4) is 28.1 Å². The number of pyridine rings is 2. The standard InChI is InChI=1S/C27H23BrN2O3/c1-27(2)13-20-23(22(31)14-27)18(15-8-10-16(28)11-9-15)12-19(29-20)24-25(32)17-6-4-5-7-21(17)30(3)26(24)33/h4-12,32H,13-14H2,1-3H3. The van der Waals surface area contributed by atoms with E-state index in [1.807, 2.05) is 50.2 Å². The maximum Gasteiger partial charge on any atom is 0.264 e. The third kappa shape index (κ3) is 3.59. The summed E-state index contributed by atoms with van der Waals surface area (Å²) in [6, 6.07) is 16.7. The molecule has 0 aliphatic heterocycles. The Hall–Kier alpha value is -3.25. The molecule has 0 radical (unpaired) electrons. The topological polar surface area (TPSA) is 72.2 Å². The lowest BCUT2D eigenvalue weighted by atomic mass is 9.74. The van der Waals surface area contributed by atoms with Crippen LogP contribution in [0.3, 0.4) is 0 Å². The number of aromatic nitrogens is 2. The minimum atomic E-state index is -0.332. The molecule has 5 nitrogen and oxygen atoms in total. The van der Waals surface area contributed by atoms with Gasteiger partial charge in [-0.25, -0.2) is 0 Å². The molecule has 166 valence electrons. The molecule has 2 heterocycles. The molecular weight excluding hydrogens is 480 g/mol. The quantitative estimate of drug-likeness (QED) is 0.370. The maximum absolute atomic E-state index is 13.3. The van der Waals surface area contributed by atoms with Crippen molar-refractivity contribution in [3.05, 3.63) is 80.7 Å². The molecule has 2 aromatic carbocycles. The molecule has 2 aromatic heterocycles. The first-order valence-electron chi connectivity index (χ1n) is 10.8. The van der Waals surface area contributed by atoms with E-state index < -0.39 is 0 Å². The van der Waals surface area contributed by atoms with Crippen LogP contribution in [0.15, 0.2) is 63.9 Å². The number of fused-ring (bicyclic) bond motifs is 2. The molecule has 1 aliphatic carbocycles. The number of halogens is 1. The second-order valence-corrected chi connectivity index (χ2v) is 10.3. The highest BCUT2D eigenvalue weighted by Crippen LogP contribution is 2.41. The van der Waals surface area contributed by atoms with Crippen LogP contribution < -0.4 is 5.56 Å². The van der Waals surface area contributed by atoms with Crippen molar-refractivity contribution in [3.63, 3.8) is 0 Å². The number of hydrogen-bond acceptors (Lipinski definition) is 4. The van der Waals surface area contributed by atoms with E-state index in [4.69, 9.17) is 4.98 Å². The Morgan fingerprint density at radius 3 is 2.42 bits per heavy atom. The zero-order valence-electron chi connectivity index (χ0n) is 18.6. The first-order chi connectivity index (χ1) is 15.7. The number of aryl methyl sites for hydroxylation is 1. The Balaban J connectivity index is 1.86. The predicted molar refractivity (Wildman–Crippen MR) is 134 cm³/mol. The summed E-state index contributed by atoms with van der Waals surface area (Å²) in [5.41, 5.74) is 3.48. The lowest BCUT2D eigenvalue weighted by Crippen LogP contribution is -2.29. The van der Waals surface area contributed by atoms with Crippen molar-refractivity contribution >= 4 is 32.6 Å². The molecule has 1 aliphatic rings. The van der Waals surface area contributed by atoms with Gasteiger partial charge in [-0.15, -0.1) is 0 Å². The van der Waals surface area contributed by atoms with Crippen LogP contribution >= 0.6 is 15.9 Å². The van der Waals surface area contributed by atoms with E-state index in [1.165, 1.54) is 4.57 Å². The second-order valence-electron chi connectivity index (χ2n) is 9.43. The van der Waals surface area contributed by atoms with Crippen LogP contribution in [0.25, 0.3) is 33.3 Å². The molecule has 4 aromatic rings. The monoisotopic (exact) mass is 502 g/mol. The van der Waals surface area contributed by atoms with Crippen LogP contribution in [0.2, 0.25) is 0 Å². The van der Waals surface area contributed by atoms with Crippen molar-refractivity contribution < 1.29 is 9.90 Å². The van der Waals surface area contributed by atoms with Crippen LogP contribution in [-0.4, -0.2) is 20.4 Å². The van der Waals surface area contributed by atoms with Gasteiger partial charge in [0, 0.05) is 28.9 Å². The average Bonchev–Trinajstić information content (AvgIpc) is 2.76. The molecular formula is C27H23BrN2O3. The fourth-order valence-electron chi connectivity index (χ4n) is 4.77. The molecule has 0 amide bonds. The lowest BCUT2D eigenvalue weighted by Gasteiger charge is -2.31. The number of hydrogen-bond donors (Lipinski definition) is 1. The number of rotatable bonds is 2. The van der Waals surface area contributed by atoms with Crippen molar-refractivity contribution in [2.45, 2.75) is 26.7 Å². The van der Waals surface area contributed by atoms with Crippen LogP contribution in [0, 0.1) is 5.41 Å². The highest BCUT2D eigenvalue weighted by Gasteiger charge is 2.35.